The van der Waals surface area contributed by atoms with Gasteiger partial charge in [-0.05, 0) is 46.8 Å². The SMILES string of the molecule is CCCCN(CC)C(C)CC(C)(CO)NC. The van der Waals surface area contributed by atoms with Crippen molar-refractivity contribution in [2.45, 2.75) is 58.5 Å². The minimum absolute atomic E-state index is 0.154. The van der Waals surface area contributed by atoms with Gasteiger partial charge in [0.25, 0.3) is 0 Å². The van der Waals surface area contributed by atoms with Crippen LogP contribution in [0.5, 0.6) is 0 Å². The Labute approximate surface area is 101 Å². The average molecular weight is 230 g/mol. The molecule has 0 aliphatic carbocycles. The average Bonchev–Trinajstić information content (AvgIpc) is 2.29. The summed E-state index contributed by atoms with van der Waals surface area (Å²) in [7, 11) is 1.92. The van der Waals surface area contributed by atoms with Gasteiger partial charge in [0, 0.05) is 11.6 Å². The zero-order valence-corrected chi connectivity index (χ0v) is 11.7. The second-order valence-corrected chi connectivity index (χ2v) is 5.00. The van der Waals surface area contributed by atoms with Crippen LogP contribution in [0.4, 0.5) is 0 Å². The zero-order chi connectivity index (χ0) is 12.6. The van der Waals surface area contributed by atoms with Gasteiger partial charge in [0.05, 0.1) is 6.61 Å². The third-order valence-electron chi connectivity index (χ3n) is 3.53. The van der Waals surface area contributed by atoms with Crippen molar-refractivity contribution in [1.82, 2.24) is 10.2 Å². The van der Waals surface area contributed by atoms with Crippen molar-refractivity contribution < 1.29 is 5.11 Å². The first-order valence-corrected chi connectivity index (χ1v) is 6.56. The molecule has 0 amide bonds. The first kappa shape index (κ1) is 15.9. The third-order valence-corrected chi connectivity index (χ3v) is 3.53. The molecule has 0 heterocycles. The number of hydrogen-bond donors (Lipinski definition) is 2. The molecule has 0 rings (SSSR count). The standard InChI is InChI=1S/C13H30N2O/c1-6-8-9-15(7-2)12(3)10-13(4,11-16)14-5/h12,14,16H,6-11H2,1-5H3. The third kappa shape index (κ3) is 5.28. The highest BCUT2D eigenvalue weighted by Gasteiger charge is 2.25. The Hall–Kier alpha value is -0.120. The van der Waals surface area contributed by atoms with Gasteiger partial charge in [-0.25, -0.2) is 0 Å². The van der Waals surface area contributed by atoms with Crippen molar-refractivity contribution in [3.8, 4) is 0 Å². The number of nitrogens with zero attached hydrogens (tertiary/aromatic N) is 1. The van der Waals surface area contributed by atoms with Gasteiger partial charge in [-0.3, -0.25) is 0 Å². The van der Waals surface area contributed by atoms with Crippen LogP contribution in [-0.4, -0.2) is 48.3 Å². The van der Waals surface area contributed by atoms with Crippen LogP contribution in [0.2, 0.25) is 0 Å². The number of aliphatic hydroxyl groups excluding tert-OH is 1. The van der Waals surface area contributed by atoms with E-state index in [1.807, 2.05) is 7.05 Å². The van der Waals surface area contributed by atoms with Crippen molar-refractivity contribution in [2.75, 3.05) is 26.7 Å². The topological polar surface area (TPSA) is 35.5 Å². The van der Waals surface area contributed by atoms with Gasteiger partial charge in [0.2, 0.25) is 0 Å². The van der Waals surface area contributed by atoms with E-state index >= 15 is 0 Å². The summed E-state index contributed by atoms with van der Waals surface area (Å²) in [6.45, 7) is 11.2. The van der Waals surface area contributed by atoms with Crippen LogP contribution in [0.15, 0.2) is 0 Å². The summed E-state index contributed by atoms with van der Waals surface area (Å²) in [5, 5.41) is 12.6. The summed E-state index contributed by atoms with van der Waals surface area (Å²) in [5.41, 5.74) is -0.154. The van der Waals surface area contributed by atoms with Gasteiger partial charge in [0.15, 0.2) is 0 Å². The lowest BCUT2D eigenvalue weighted by molar-refractivity contribution is 0.121. The quantitative estimate of drug-likeness (QED) is 0.634. The van der Waals surface area contributed by atoms with E-state index in [2.05, 4.69) is 37.9 Å². The summed E-state index contributed by atoms with van der Waals surface area (Å²) in [6.07, 6.45) is 3.48. The van der Waals surface area contributed by atoms with Crippen LogP contribution in [0.1, 0.15) is 47.0 Å². The van der Waals surface area contributed by atoms with Crippen LogP contribution < -0.4 is 5.32 Å². The lowest BCUT2D eigenvalue weighted by Crippen LogP contribution is -2.49. The Morgan fingerprint density at radius 3 is 2.38 bits per heavy atom. The van der Waals surface area contributed by atoms with Gasteiger partial charge >= 0.3 is 0 Å². The monoisotopic (exact) mass is 230 g/mol. The highest BCUT2D eigenvalue weighted by Crippen LogP contribution is 2.16. The van der Waals surface area contributed by atoms with E-state index in [4.69, 9.17) is 0 Å². The van der Waals surface area contributed by atoms with Crippen molar-refractivity contribution in [3.05, 3.63) is 0 Å². The van der Waals surface area contributed by atoms with Gasteiger partial charge in [0.1, 0.15) is 0 Å². The molecule has 0 aromatic carbocycles. The highest BCUT2D eigenvalue weighted by atomic mass is 16.3. The molecule has 98 valence electrons. The first-order chi connectivity index (χ1) is 7.52. The Morgan fingerprint density at radius 1 is 1.38 bits per heavy atom. The van der Waals surface area contributed by atoms with Crippen molar-refractivity contribution >= 4 is 0 Å². The Kier molecular flexibility index (Phi) is 7.98. The molecular formula is C13H30N2O. The smallest absolute Gasteiger partial charge is 0.0611 e. The molecule has 3 nitrogen and oxygen atoms in total. The molecule has 3 heteroatoms. The van der Waals surface area contributed by atoms with Crippen LogP contribution in [0.25, 0.3) is 0 Å². The minimum atomic E-state index is -0.154. The molecule has 2 atom stereocenters. The van der Waals surface area contributed by atoms with Crippen LogP contribution >= 0.6 is 0 Å². The summed E-state index contributed by atoms with van der Waals surface area (Å²) in [5.74, 6) is 0. The highest BCUT2D eigenvalue weighted by molar-refractivity contribution is 4.85. The molecule has 2 unspecified atom stereocenters. The molecule has 0 aliphatic rings. The molecule has 0 fully saturated rings. The van der Waals surface area contributed by atoms with Gasteiger partial charge in [-0.1, -0.05) is 20.3 Å². The zero-order valence-electron chi connectivity index (χ0n) is 11.7. The minimum Gasteiger partial charge on any atom is -0.394 e. The fraction of sp³-hybridized carbons (Fsp3) is 1.00. The maximum atomic E-state index is 9.38. The molecule has 16 heavy (non-hydrogen) atoms. The second-order valence-electron chi connectivity index (χ2n) is 5.00. The molecule has 0 spiro atoms. The lowest BCUT2D eigenvalue weighted by Gasteiger charge is -2.35. The van der Waals surface area contributed by atoms with E-state index in [1.165, 1.54) is 19.4 Å². The van der Waals surface area contributed by atoms with Crippen molar-refractivity contribution in [1.29, 1.82) is 0 Å². The van der Waals surface area contributed by atoms with E-state index in [0.717, 1.165) is 13.0 Å². The summed E-state index contributed by atoms with van der Waals surface area (Å²) < 4.78 is 0. The summed E-state index contributed by atoms with van der Waals surface area (Å²) in [4.78, 5) is 2.49. The van der Waals surface area contributed by atoms with Gasteiger partial charge in [-0.2, -0.15) is 0 Å². The molecule has 0 saturated carbocycles. The molecule has 0 radical (unpaired) electrons. The molecule has 2 N–H and O–H groups in total. The molecule has 0 aromatic heterocycles. The van der Waals surface area contributed by atoms with E-state index in [0.29, 0.717) is 6.04 Å². The van der Waals surface area contributed by atoms with E-state index < -0.39 is 0 Å². The Bertz CT molecular complexity index is 169. The fourth-order valence-corrected chi connectivity index (χ4v) is 2.08. The number of likely N-dealkylation sites (N-methyl/N-ethyl adjacent to an activating group) is 1. The second kappa shape index (κ2) is 8.04. The van der Waals surface area contributed by atoms with Gasteiger partial charge < -0.3 is 15.3 Å². The predicted octanol–water partition coefficient (Wildman–Crippen LogP) is 1.86. The maximum Gasteiger partial charge on any atom is 0.0611 e. The normalized spacial score (nSPS) is 17.4. The molecule has 0 aliphatic heterocycles. The largest absolute Gasteiger partial charge is 0.394 e. The van der Waals surface area contributed by atoms with Gasteiger partial charge in [-0.15, -0.1) is 0 Å². The molecule has 0 saturated heterocycles. The number of rotatable bonds is 9. The van der Waals surface area contributed by atoms with Crippen LogP contribution in [-0.2, 0) is 0 Å². The van der Waals surface area contributed by atoms with Crippen molar-refractivity contribution in [2.24, 2.45) is 0 Å². The summed E-state index contributed by atoms with van der Waals surface area (Å²) in [6, 6.07) is 0.515. The fourth-order valence-electron chi connectivity index (χ4n) is 2.08. The predicted molar refractivity (Wildman–Crippen MR) is 70.8 cm³/mol. The van der Waals surface area contributed by atoms with Crippen LogP contribution in [0.3, 0.4) is 0 Å². The molecular weight excluding hydrogens is 200 g/mol. The first-order valence-electron chi connectivity index (χ1n) is 6.56. The van der Waals surface area contributed by atoms with E-state index in [9.17, 15) is 5.11 Å². The number of aliphatic hydroxyl groups is 1. The maximum absolute atomic E-state index is 9.38. The molecule has 0 aromatic rings. The number of unbranched alkanes of at least 4 members (excludes halogenated alkanes) is 1. The number of nitrogens with one attached hydrogen (secondary N) is 1. The van der Waals surface area contributed by atoms with E-state index in [-0.39, 0.29) is 12.1 Å². The Balaban J connectivity index is 4.23. The Morgan fingerprint density at radius 2 is 2.00 bits per heavy atom. The van der Waals surface area contributed by atoms with E-state index in [1.54, 1.807) is 0 Å². The van der Waals surface area contributed by atoms with Crippen molar-refractivity contribution in [3.63, 3.8) is 0 Å². The number of hydrogen-bond acceptors (Lipinski definition) is 3. The lowest BCUT2D eigenvalue weighted by atomic mass is 9.94. The van der Waals surface area contributed by atoms with Crippen LogP contribution in [0, 0.1) is 0 Å². The summed E-state index contributed by atoms with van der Waals surface area (Å²) >= 11 is 0. The molecule has 0 bridgehead atoms.